The third-order valence-electron chi connectivity index (χ3n) is 4.83. The van der Waals surface area contributed by atoms with Gasteiger partial charge in [0.15, 0.2) is 5.13 Å². The van der Waals surface area contributed by atoms with Crippen molar-refractivity contribution in [3.63, 3.8) is 0 Å². The maximum Gasteiger partial charge on any atom is 0.410 e. The Bertz CT molecular complexity index is 948. The summed E-state index contributed by atoms with van der Waals surface area (Å²) in [5.41, 5.74) is 1.02. The number of nitrogens with zero attached hydrogens (tertiary/aromatic N) is 3. The predicted octanol–water partition coefficient (Wildman–Crippen LogP) is 3.32. The SMILES string of the molecule is COc1ccc(-c2csc(NC(=O)CN3CCN(C(=O)OC(C)(C)C)CC3)n2)c(OC)c1. The average Bonchev–Trinajstić information content (AvgIpc) is 3.20. The van der Waals surface area contributed by atoms with Gasteiger partial charge in [0.25, 0.3) is 0 Å². The Kier molecular flexibility index (Phi) is 7.57. The van der Waals surface area contributed by atoms with Gasteiger partial charge in [0.05, 0.1) is 26.5 Å². The summed E-state index contributed by atoms with van der Waals surface area (Å²) in [4.78, 5) is 32.9. The molecule has 0 saturated carbocycles. The molecule has 1 saturated heterocycles. The van der Waals surface area contributed by atoms with E-state index < -0.39 is 5.60 Å². The van der Waals surface area contributed by atoms with Crippen molar-refractivity contribution in [1.29, 1.82) is 0 Å². The second-order valence-corrected chi connectivity index (χ2v) is 9.25. The Morgan fingerprint density at radius 3 is 2.47 bits per heavy atom. The molecule has 0 spiro atoms. The highest BCUT2D eigenvalue weighted by atomic mass is 32.1. The van der Waals surface area contributed by atoms with Crippen molar-refractivity contribution in [2.24, 2.45) is 0 Å². The summed E-state index contributed by atoms with van der Waals surface area (Å²) >= 11 is 1.36. The van der Waals surface area contributed by atoms with Gasteiger partial charge in [-0.3, -0.25) is 9.69 Å². The molecule has 3 rings (SSSR count). The molecule has 2 aromatic rings. The number of rotatable bonds is 6. The number of thiazole rings is 1. The van der Waals surface area contributed by atoms with Gasteiger partial charge >= 0.3 is 6.09 Å². The molecule has 174 valence electrons. The lowest BCUT2D eigenvalue weighted by Gasteiger charge is -2.35. The lowest BCUT2D eigenvalue weighted by atomic mass is 10.1. The van der Waals surface area contributed by atoms with E-state index in [4.69, 9.17) is 14.2 Å². The van der Waals surface area contributed by atoms with E-state index in [0.29, 0.717) is 42.8 Å². The van der Waals surface area contributed by atoms with Gasteiger partial charge in [0.1, 0.15) is 17.1 Å². The number of anilines is 1. The van der Waals surface area contributed by atoms with Crippen LogP contribution in [0.25, 0.3) is 11.3 Å². The molecule has 32 heavy (non-hydrogen) atoms. The van der Waals surface area contributed by atoms with E-state index in [0.717, 1.165) is 11.3 Å². The van der Waals surface area contributed by atoms with Crippen LogP contribution in [0.5, 0.6) is 11.5 Å². The first-order valence-corrected chi connectivity index (χ1v) is 11.2. The summed E-state index contributed by atoms with van der Waals surface area (Å²) in [6.07, 6.45) is -0.314. The van der Waals surface area contributed by atoms with Gasteiger partial charge < -0.3 is 24.4 Å². The molecule has 0 bridgehead atoms. The zero-order chi connectivity index (χ0) is 23.3. The van der Waals surface area contributed by atoms with Crippen LogP contribution >= 0.6 is 11.3 Å². The van der Waals surface area contributed by atoms with E-state index in [1.807, 2.05) is 43.2 Å². The Balaban J connectivity index is 1.52. The standard InChI is InChI=1S/C22H30N4O5S/c1-22(2,3)31-21(28)26-10-8-25(9-11-26)13-19(27)24-20-23-17(14-32-20)16-7-6-15(29-4)12-18(16)30-5/h6-7,12,14H,8-11,13H2,1-5H3,(H,23,24,27). The van der Waals surface area contributed by atoms with Crippen molar-refractivity contribution >= 4 is 28.5 Å². The van der Waals surface area contributed by atoms with Gasteiger partial charge in [-0.2, -0.15) is 0 Å². The number of methoxy groups -OCH3 is 2. The first-order valence-electron chi connectivity index (χ1n) is 10.4. The Hall–Kier alpha value is -2.85. The fourth-order valence-electron chi connectivity index (χ4n) is 3.24. The number of carbonyl (C=O) groups excluding carboxylic acids is 2. The summed E-state index contributed by atoms with van der Waals surface area (Å²) in [5, 5.41) is 5.26. The number of nitrogens with one attached hydrogen (secondary N) is 1. The maximum absolute atomic E-state index is 12.5. The van der Waals surface area contributed by atoms with Gasteiger partial charge in [-0.05, 0) is 32.9 Å². The third-order valence-corrected chi connectivity index (χ3v) is 5.58. The number of ether oxygens (including phenoxy) is 3. The van der Waals surface area contributed by atoms with Crippen molar-refractivity contribution < 1.29 is 23.8 Å². The Morgan fingerprint density at radius 2 is 1.84 bits per heavy atom. The monoisotopic (exact) mass is 462 g/mol. The Morgan fingerprint density at radius 1 is 1.12 bits per heavy atom. The highest BCUT2D eigenvalue weighted by Crippen LogP contribution is 2.34. The van der Waals surface area contributed by atoms with Crippen molar-refractivity contribution in [3.8, 4) is 22.8 Å². The molecule has 1 aliphatic rings. The van der Waals surface area contributed by atoms with Gasteiger partial charge in [-0.15, -0.1) is 11.3 Å². The fourth-order valence-corrected chi connectivity index (χ4v) is 3.97. The Labute approximate surface area is 192 Å². The quantitative estimate of drug-likeness (QED) is 0.704. The third kappa shape index (κ3) is 6.33. The van der Waals surface area contributed by atoms with Crippen LogP contribution in [0.3, 0.4) is 0 Å². The molecular formula is C22H30N4O5S. The maximum atomic E-state index is 12.5. The molecule has 2 heterocycles. The number of benzene rings is 1. The second-order valence-electron chi connectivity index (χ2n) is 8.40. The average molecular weight is 463 g/mol. The minimum absolute atomic E-state index is 0.140. The van der Waals surface area contributed by atoms with E-state index in [1.165, 1.54) is 11.3 Å². The minimum Gasteiger partial charge on any atom is -0.497 e. The van der Waals surface area contributed by atoms with Gasteiger partial charge in [0.2, 0.25) is 5.91 Å². The molecule has 1 aromatic heterocycles. The van der Waals surface area contributed by atoms with Gasteiger partial charge in [0, 0.05) is 43.2 Å². The van der Waals surface area contributed by atoms with Gasteiger partial charge in [-0.1, -0.05) is 0 Å². The van der Waals surface area contributed by atoms with Crippen LogP contribution in [0.1, 0.15) is 20.8 Å². The number of hydrogen-bond acceptors (Lipinski definition) is 8. The minimum atomic E-state index is -0.517. The van der Waals surface area contributed by atoms with Crippen LogP contribution in [-0.2, 0) is 9.53 Å². The van der Waals surface area contributed by atoms with Crippen molar-refractivity contribution in [2.75, 3.05) is 52.3 Å². The summed E-state index contributed by atoms with van der Waals surface area (Å²) in [6, 6.07) is 5.51. The molecule has 0 unspecified atom stereocenters. The summed E-state index contributed by atoms with van der Waals surface area (Å²) in [5.74, 6) is 1.20. The van der Waals surface area contributed by atoms with E-state index in [9.17, 15) is 9.59 Å². The lowest BCUT2D eigenvalue weighted by Crippen LogP contribution is -2.51. The fraction of sp³-hybridized carbons (Fsp3) is 0.500. The molecule has 1 aromatic carbocycles. The normalized spacial score (nSPS) is 14.7. The molecule has 0 aliphatic carbocycles. The molecule has 1 fully saturated rings. The molecular weight excluding hydrogens is 432 g/mol. The van der Waals surface area contributed by atoms with Crippen molar-refractivity contribution in [3.05, 3.63) is 23.6 Å². The van der Waals surface area contributed by atoms with Crippen LogP contribution < -0.4 is 14.8 Å². The van der Waals surface area contributed by atoms with Crippen LogP contribution in [0.4, 0.5) is 9.93 Å². The van der Waals surface area contributed by atoms with Crippen LogP contribution in [0, 0.1) is 0 Å². The molecule has 9 nitrogen and oxygen atoms in total. The molecule has 1 aliphatic heterocycles. The smallest absolute Gasteiger partial charge is 0.410 e. The summed E-state index contributed by atoms with van der Waals surface area (Å²) in [7, 11) is 3.19. The zero-order valence-corrected chi connectivity index (χ0v) is 20.0. The van der Waals surface area contributed by atoms with E-state index in [2.05, 4.69) is 10.3 Å². The summed E-state index contributed by atoms with van der Waals surface area (Å²) < 4.78 is 16.1. The van der Waals surface area contributed by atoms with E-state index in [-0.39, 0.29) is 18.5 Å². The number of hydrogen-bond donors (Lipinski definition) is 1. The van der Waals surface area contributed by atoms with Crippen molar-refractivity contribution in [2.45, 2.75) is 26.4 Å². The number of carbonyl (C=O) groups is 2. The highest BCUT2D eigenvalue weighted by molar-refractivity contribution is 7.14. The largest absolute Gasteiger partial charge is 0.497 e. The lowest BCUT2D eigenvalue weighted by molar-refractivity contribution is -0.117. The zero-order valence-electron chi connectivity index (χ0n) is 19.1. The molecule has 1 N–H and O–H groups in total. The number of piperazine rings is 1. The van der Waals surface area contributed by atoms with Crippen LogP contribution in [-0.4, -0.2) is 79.3 Å². The topological polar surface area (TPSA) is 93.2 Å². The van der Waals surface area contributed by atoms with Crippen LogP contribution in [0.15, 0.2) is 23.6 Å². The molecule has 0 atom stereocenters. The summed E-state index contributed by atoms with van der Waals surface area (Å²) in [6.45, 7) is 8.06. The first kappa shape index (κ1) is 23.8. The predicted molar refractivity (Wildman–Crippen MR) is 124 cm³/mol. The first-order chi connectivity index (χ1) is 15.2. The molecule has 10 heteroatoms. The second kappa shape index (κ2) is 10.2. The van der Waals surface area contributed by atoms with Crippen LogP contribution in [0.2, 0.25) is 0 Å². The van der Waals surface area contributed by atoms with E-state index in [1.54, 1.807) is 25.2 Å². The highest BCUT2D eigenvalue weighted by Gasteiger charge is 2.26. The van der Waals surface area contributed by atoms with E-state index >= 15 is 0 Å². The molecule has 2 amide bonds. The number of amides is 2. The van der Waals surface area contributed by atoms with Gasteiger partial charge in [-0.25, -0.2) is 9.78 Å². The number of aromatic nitrogens is 1. The van der Waals surface area contributed by atoms with Crippen molar-refractivity contribution in [1.82, 2.24) is 14.8 Å². The molecule has 0 radical (unpaired) electrons.